The van der Waals surface area contributed by atoms with E-state index in [1.165, 1.54) is 0 Å². The van der Waals surface area contributed by atoms with Crippen molar-refractivity contribution in [2.24, 2.45) is 5.92 Å². The zero-order valence-electron chi connectivity index (χ0n) is 10.1. The lowest BCUT2D eigenvalue weighted by molar-refractivity contribution is 0.0892. The van der Waals surface area contributed by atoms with Crippen LogP contribution in [0, 0.1) is 5.92 Å². The molecule has 1 unspecified atom stereocenters. The van der Waals surface area contributed by atoms with Gasteiger partial charge in [-0.2, -0.15) is 0 Å². The first kappa shape index (κ1) is 10.9. The van der Waals surface area contributed by atoms with Crippen LogP contribution in [0.25, 0.3) is 10.8 Å². The zero-order valence-corrected chi connectivity index (χ0v) is 10.1. The third kappa shape index (κ3) is 1.35. The van der Waals surface area contributed by atoms with E-state index in [0.29, 0.717) is 16.7 Å². The molecule has 0 aliphatic heterocycles. The van der Waals surface area contributed by atoms with Crippen molar-refractivity contribution in [2.45, 2.75) is 6.92 Å². The van der Waals surface area contributed by atoms with E-state index < -0.39 is 5.92 Å². The van der Waals surface area contributed by atoms with Gasteiger partial charge in [0.25, 0.3) is 0 Å². The van der Waals surface area contributed by atoms with Crippen LogP contribution >= 0.6 is 0 Å². The second-order valence-electron chi connectivity index (χ2n) is 4.69. The highest BCUT2D eigenvalue weighted by atomic mass is 16.1. The van der Waals surface area contributed by atoms with Crippen molar-refractivity contribution >= 4 is 22.3 Å². The van der Waals surface area contributed by atoms with Gasteiger partial charge in [-0.05, 0) is 22.9 Å². The van der Waals surface area contributed by atoms with Gasteiger partial charge in [0.05, 0.1) is 0 Å². The van der Waals surface area contributed by atoms with E-state index in [1.807, 2.05) is 30.3 Å². The summed E-state index contributed by atoms with van der Waals surface area (Å²) in [5, 5.41) is 1.96. The van der Waals surface area contributed by atoms with E-state index in [0.717, 1.165) is 10.8 Å². The Morgan fingerprint density at radius 2 is 1.56 bits per heavy atom. The van der Waals surface area contributed by atoms with Crippen molar-refractivity contribution in [3.8, 4) is 0 Å². The molecule has 0 aromatic heterocycles. The van der Waals surface area contributed by atoms with Gasteiger partial charge < -0.3 is 0 Å². The number of rotatable bonds is 0. The summed E-state index contributed by atoms with van der Waals surface area (Å²) in [5.41, 5.74) is 1.41. The number of fused-ring (bicyclic) bond motifs is 2. The van der Waals surface area contributed by atoms with E-state index in [-0.39, 0.29) is 11.6 Å². The lowest BCUT2D eigenvalue weighted by Crippen LogP contribution is -2.27. The summed E-state index contributed by atoms with van der Waals surface area (Å²) in [4.78, 5) is 24.4. The van der Waals surface area contributed by atoms with Crippen LogP contribution in [-0.4, -0.2) is 11.6 Å². The second-order valence-corrected chi connectivity index (χ2v) is 4.69. The van der Waals surface area contributed by atoms with Crippen LogP contribution in [0.4, 0.5) is 0 Å². The smallest absolute Gasteiger partial charge is 0.189 e. The maximum Gasteiger partial charge on any atom is 0.189 e. The molecule has 2 heteroatoms. The number of Topliss-reactive ketones (excluding diaryl/α,β-unsaturated/α-hetero) is 2. The molecule has 18 heavy (non-hydrogen) atoms. The molecular weight excluding hydrogens is 224 g/mol. The minimum Gasteiger partial charge on any atom is -0.293 e. The highest BCUT2D eigenvalue weighted by Crippen LogP contribution is 2.31. The van der Waals surface area contributed by atoms with Gasteiger partial charge in [-0.15, -0.1) is 0 Å². The fourth-order valence-electron chi connectivity index (χ4n) is 2.39. The average Bonchev–Trinajstić information content (AvgIpc) is 2.41. The Kier molecular flexibility index (Phi) is 2.20. The Balaban J connectivity index is 2.36. The molecule has 0 N–H and O–H groups in total. The molecule has 0 spiro atoms. The van der Waals surface area contributed by atoms with Crippen LogP contribution in [0.5, 0.6) is 0 Å². The molecule has 0 saturated heterocycles. The predicted molar refractivity (Wildman–Crippen MR) is 70.9 cm³/mol. The SMILES string of the molecule is C=C1C(=O)c2cc3ccccc3cc2C(=O)C1C. The molecule has 2 aromatic rings. The summed E-state index contributed by atoms with van der Waals surface area (Å²) < 4.78 is 0. The van der Waals surface area contributed by atoms with Gasteiger partial charge in [-0.1, -0.05) is 37.8 Å². The Morgan fingerprint density at radius 1 is 1.00 bits per heavy atom. The molecule has 1 aliphatic carbocycles. The van der Waals surface area contributed by atoms with Crippen molar-refractivity contribution in [2.75, 3.05) is 0 Å². The predicted octanol–water partition coefficient (Wildman–Crippen LogP) is 3.41. The van der Waals surface area contributed by atoms with Crippen LogP contribution in [0.3, 0.4) is 0 Å². The van der Waals surface area contributed by atoms with Crippen molar-refractivity contribution in [1.82, 2.24) is 0 Å². The molecule has 0 bridgehead atoms. The average molecular weight is 236 g/mol. The fraction of sp³-hybridized carbons (Fsp3) is 0.125. The lowest BCUT2D eigenvalue weighted by atomic mass is 9.79. The summed E-state index contributed by atoms with van der Waals surface area (Å²) in [6.07, 6.45) is 0. The summed E-state index contributed by atoms with van der Waals surface area (Å²) in [7, 11) is 0. The van der Waals surface area contributed by atoms with Crippen molar-refractivity contribution in [3.05, 3.63) is 59.7 Å². The first-order valence-corrected chi connectivity index (χ1v) is 5.90. The molecule has 88 valence electrons. The number of ketones is 2. The van der Waals surface area contributed by atoms with E-state index in [1.54, 1.807) is 13.0 Å². The van der Waals surface area contributed by atoms with Gasteiger partial charge in [0, 0.05) is 22.6 Å². The molecule has 1 atom stereocenters. The van der Waals surface area contributed by atoms with Crippen LogP contribution in [-0.2, 0) is 0 Å². The van der Waals surface area contributed by atoms with E-state index >= 15 is 0 Å². The maximum atomic E-state index is 12.2. The minimum atomic E-state index is -0.411. The monoisotopic (exact) mass is 236 g/mol. The highest BCUT2D eigenvalue weighted by Gasteiger charge is 2.32. The fourth-order valence-corrected chi connectivity index (χ4v) is 2.39. The Bertz CT molecular complexity index is 710. The third-order valence-corrected chi connectivity index (χ3v) is 3.60. The Hall–Kier alpha value is -2.22. The van der Waals surface area contributed by atoms with Crippen molar-refractivity contribution in [1.29, 1.82) is 0 Å². The van der Waals surface area contributed by atoms with Crippen LogP contribution in [0.2, 0.25) is 0 Å². The second kappa shape index (κ2) is 3.64. The summed E-state index contributed by atoms with van der Waals surface area (Å²) in [6.45, 7) is 5.47. The normalized spacial score (nSPS) is 19.2. The molecule has 1 aliphatic rings. The summed E-state index contributed by atoms with van der Waals surface area (Å²) in [5.74, 6) is -0.533. The van der Waals surface area contributed by atoms with Gasteiger partial charge in [0.2, 0.25) is 0 Å². The van der Waals surface area contributed by atoms with Gasteiger partial charge >= 0.3 is 0 Å². The van der Waals surface area contributed by atoms with Gasteiger partial charge in [0.1, 0.15) is 0 Å². The zero-order chi connectivity index (χ0) is 12.9. The third-order valence-electron chi connectivity index (χ3n) is 3.60. The summed E-state index contributed by atoms with van der Waals surface area (Å²) in [6, 6.07) is 11.3. The topological polar surface area (TPSA) is 34.1 Å². The van der Waals surface area contributed by atoms with Gasteiger partial charge in [0.15, 0.2) is 11.6 Å². The molecule has 2 aromatic carbocycles. The molecule has 3 rings (SSSR count). The van der Waals surface area contributed by atoms with Crippen molar-refractivity contribution in [3.63, 3.8) is 0 Å². The molecule has 2 nitrogen and oxygen atoms in total. The first-order valence-electron chi connectivity index (χ1n) is 5.90. The van der Waals surface area contributed by atoms with Crippen molar-refractivity contribution < 1.29 is 9.59 Å². The molecule has 0 radical (unpaired) electrons. The lowest BCUT2D eigenvalue weighted by Gasteiger charge is -2.22. The first-order chi connectivity index (χ1) is 8.59. The minimum absolute atomic E-state index is 0.0136. The number of carbonyl (C=O) groups excluding carboxylic acids is 2. The number of carbonyl (C=O) groups is 2. The van der Waals surface area contributed by atoms with E-state index in [4.69, 9.17) is 0 Å². The molecular formula is C16H12O2. The number of hydrogen-bond acceptors (Lipinski definition) is 2. The van der Waals surface area contributed by atoms with E-state index in [9.17, 15) is 9.59 Å². The Labute approximate surface area is 105 Å². The molecule has 0 amide bonds. The summed E-state index contributed by atoms with van der Waals surface area (Å²) >= 11 is 0. The molecule has 0 heterocycles. The van der Waals surface area contributed by atoms with E-state index in [2.05, 4.69) is 6.58 Å². The molecule has 0 saturated carbocycles. The number of benzene rings is 2. The number of hydrogen-bond donors (Lipinski definition) is 0. The van der Waals surface area contributed by atoms with Crippen LogP contribution < -0.4 is 0 Å². The van der Waals surface area contributed by atoms with Crippen LogP contribution in [0.1, 0.15) is 27.6 Å². The quantitative estimate of drug-likeness (QED) is 0.657. The highest BCUT2D eigenvalue weighted by molar-refractivity contribution is 6.24. The van der Waals surface area contributed by atoms with Gasteiger partial charge in [-0.25, -0.2) is 0 Å². The van der Waals surface area contributed by atoms with Gasteiger partial charge in [-0.3, -0.25) is 9.59 Å². The largest absolute Gasteiger partial charge is 0.293 e. The standard InChI is InChI=1S/C16H12O2/c1-9-10(2)16(18)14-8-12-6-4-3-5-11(12)7-13(14)15(9)17/h3-8,10H,1H2,2H3. The maximum absolute atomic E-state index is 12.2. The Morgan fingerprint density at radius 3 is 2.17 bits per heavy atom. The van der Waals surface area contributed by atoms with Crippen LogP contribution in [0.15, 0.2) is 48.6 Å². The number of allylic oxidation sites excluding steroid dienone is 1. The molecule has 0 fully saturated rings.